The van der Waals surface area contributed by atoms with E-state index >= 15 is 0 Å². The lowest BCUT2D eigenvalue weighted by Gasteiger charge is -2.36. The van der Waals surface area contributed by atoms with Crippen LogP contribution in [0, 0.1) is 0 Å². The number of benzene rings is 2. The molecule has 200 valence electrons. The van der Waals surface area contributed by atoms with E-state index in [9.17, 15) is 9.59 Å². The van der Waals surface area contributed by atoms with Crippen molar-refractivity contribution in [2.75, 3.05) is 61.9 Å². The van der Waals surface area contributed by atoms with Crippen LogP contribution in [0.5, 0.6) is 5.75 Å². The van der Waals surface area contributed by atoms with Crippen LogP contribution in [-0.4, -0.2) is 73.3 Å². The highest BCUT2D eigenvalue weighted by Crippen LogP contribution is 2.34. The molecule has 2 heterocycles. The predicted octanol–water partition coefficient (Wildman–Crippen LogP) is 5.97. The molecule has 0 radical (unpaired) electrons. The molecule has 3 amide bonds. The maximum atomic E-state index is 12.9. The Kier molecular flexibility index (Phi) is 9.87. The highest BCUT2D eigenvalue weighted by Gasteiger charge is 2.32. The summed E-state index contributed by atoms with van der Waals surface area (Å²) in [6.45, 7) is 7.39. The zero-order chi connectivity index (χ0) is 26.4. The zero-order valence-electron chi connectivity index (χ0n) is 21.4. The molecule has 0 N–H and O–H groups in total. The Morgan fingerprint density at radius 2 is 1.84 bits per heavy atom. The molecule has 2 aromatic carbocycles. The highest BCUT2D eigenvalue weighted by atomic mass is 35.5. The van der Waals surface area contributed by atoms with Crippen molar-refractivity contribution >= 4 is 58.5 Å². The van der Waals surface area contributed by atoms with Gasteiger partial charge in [-0.05, 0) is 61.5 Å². The van der Waals surface area contributed by atoms with Crippen molar-refractivity contribution < 1.29 is 14.3 Å². The largest absolute Gasteiger partial charge is 0.494 e. The first-order valence-corrected chi connectivity index (χ1v) is 14.5. The first-order chi connectivity index (χ1) is 17.9. The second-order valence-corrected chi connectivity index (χ2v) is 11.3. The van der Waals surface area contributed by atoms with Gasteiger partial charge < -0.3 is 9.64 Å². The Hall–Kier alpha value is -2.13. The molecule has 2 aliphatic rings. The lowest BCUT2D eigenvalue weighted by molar-refractivity contribution is -0.118. The molecule has 0 aromatic heterocycles. The van der Waals surface area contributed by atoms with Crippen molar-refractivity contribution in [3.8, 4) is 5.75 Å². The number of fused-ring (bicyclic) bond motifs is 1. The van der Waals surface area contributed by atoms with Crippen LogP contribution in [0.2, 0.25) is 10.0 Å². The van der Waals surface area contributed by atoms with Crippen LogP contribution in [0.4, 0.5) is 16.2 Å². The van der Waals surface area contributed by atoms with Gasteiger partial charge in [0.25, 0.3) is 0 Å². The molecule has 0 unspecified atom stereocenters. The Morgan fingerprint density at radius 3 is 2.59 bits per heavy atom. The molecule has 0 aliphatic carbocycles. The highest BCUT2D eigenvalue weighted by molar-refractivity contribution is 7.97. The van der Waals surface area contributed by atoms with E-state index in [0.717, 1.165) is 62.6 Å². The van der Waals surface area contributed by atoms with Crippen LogP contribution in [0.15, 0.2) is 36.4 Å². The molecular weight excluding hydrogens is 531 g/mol. The summed E-state index contributed by atoms with van der Waals surface area (Å²) in [5.74, 6) is 1.27. The molecule has 7 nitrogen and oxygen atoms in total. The second kappa shape index (κ2) is 13.1. The number of hydrogen-bond donors (Lipinski definition) is 0. The van der Waals surface area contributed by atoms with Gasteiger partial charge in [-0.3, -0.25) is 14.0 Å². The molecule has 0 spiro atoms. The van der Waals surface area contributed by atoms with E-state index in [1.807, 2.05) is 43.3 Å². The van der Waals surface area contributed by atoms with Crippen molar-refractivity contribution in [1.29, 1.82) is 0 Å². The van der Waals surface area contributed by atoms with E-state index in [4.69, 9.17) is 27.9 Å². The zero-order valence-corrected chi connectivity index (χ0v) is 23.7. The van der Waals surface area contributed by atoms with E-state index in [1.165, 1.54) is 21.2 Å². The van der Waals surface area contributed by atoms with E-state index in [0.29, 0.717) is 40.9 Å². The standard InChI is InChI=1S/C27H34Cl2N4O3S/c1-3-37-30(2)27(35)33-24-19-21(11-9-20(24)10-12-25(33)34)36-18-5-4-13-31-14-16-32(17-15-31)23-8-6-7-22(28)26(23)29/h6-9,11,19H,3-5,10,12-18H2,1-2H3. The Labute approximate surface area is 233 Å². The first-order valence-electron chi connectivity index (χ1n) is 12.8. The number of amides is 3. The number of aryl methyl sites for hydroxylation is 1. The molecular formula is C27H34Cl2N4O3S. The number of halogens is 2. The quantitative estimate of drug-likeness (QED) is 0.276. The van der Waals surface area contributed by atoms with Crippen LogP contribution in [0.3, 0.4) is 0 Å². The fraction of sp³-hybridized carbons (Fsp3) is 0.481. The van der Waals surface area contributed by atoms with Gasteiger partial charge in [0.05, 0.1) is 28.0 Å². The topological polar surface area (TPSA) is 56.3 Å². The minimum absolute atomic E-state index is 0.170. The number of hydrogen-bond acceptors (Lipinski definition) is 6. The number of carbonyl (C=O) groups excluding carboxylic acids is 2. The van der Waals surface area contributed by atoms with Crippen LogP contribution in [0.25, 0.3) is 0 Å². The number of rotatable bonds is 9. The molecule has 0 saturated carbocycles. The fourth-order valence-corrected chi connectivity index (χ4v) is 5.71. The van der Waals surface area contributed by atoms with Gasteiger partial charge in [-0.25, -0.2) is 9.69 Å². The average Bonchev–Trinajstić information content (AvgIpc) is 2.90. The molecule has 0 bridgehead atoms. The van der Waals surface area contributed by atoms with Gasteiger partial charge in [0.1, 0.15) is 5.75 Å². The van der Waals surface area contributed by atoms with Gasteiger partial charge in [0.2, 0.25) is 5.91 Å². The summed E-state index contributed by atoms with van der Waals surface area (Å²) < 4.78 is 7.53. The van der Waals surface area contributed by atoms with E-state index in [-0.39, 0.29) is 11.9 Å². The summed E-state index contributed by atoms with van der Waals surface area (Å²) >= 11 is 13.9. The smallest absolute Gasteiger partial charge is 0.341 e. The monoisotopic (exact) mass is 564 g/mol. The number of unbranched alkanes of at least 4 members (excludes halogenated alkanes) is 1. The van der Waals surface area contributed by atoms with Crippen LogP contribution < -0.4 is 14.5 Å². The van der Waals surface area contributed by atoms with Crippen molar-refractivity contribution in [2.24, 2.45) is 0 Å². The minimum atomic E-state index is -0.312. The molecule has 2 aliphatic heterocycles. The van der Waals surface area contributed by atoms with Crippen molar-refractivity contribution in [3.05, 3.63) is 52.0 Å². The van der Waals surface area contributed by atoms with Gasteiger partial charge in [0.15, 0.2) is 0 Å². The third-order valence-corrected chi connectivity index (χ3v) is 8.33. The summed E-state index contributed by atoms with van der Waals surface area (Å²) in [5.41, 5.74) is 2.64. The minimum Gasteiger partial charge on any atom is -0.494 e. The molecule has 10 heteroatoms. The lowest BCUT2D eigenvalue weighted by Crippen LogP contribution is -2.46. The normalized spacial score (nSPS) is 16.1. The molecule has 37 heavy (non-hydrogen) atoms. The average molecular weight is 566 g/mol. The molecule has 0 atom stereocenters. The summed E-state index contributed by atoms with van der Waals surface area (Å²) in [4.78, 5) is 31.6. The van der Waals surface area contributed by atoms with Crippen molar-refractivity contribution in [2.45, 2.75) is 32.6 Å². The third-order valence-electron chi connectivity index (χ3n) is 6.72. The summed E-state index contributed by atoms with van der Waals surface area (Å²) in [6.07, 6.45) is 2.93. The maximum absolute atomic E-state index is 12.9. The summed E-state index contributed by atoms with van der Waals surface area (Å²) in [5, 5.41) is 1.22. The van der Waals surface area contributed by atoms with Crippen LogP contribution >= 0.6 is 35.1 Å². The van der Waals surface area contributed by atoms with E-state index < -0.39 is 0 Å². The maximum Gasteiger partial charge on any atom is 0.341 e. The molecule has 2 aromatic rings. The fourth-order valence-electron chi connectivity index (χ4n) is 4.72. The lowest BCUT2D eigenvalue weighted by atomic mass is 10.0. The van der Waals surface area contributed by atoms with Crippen molar-refractivity contribution in [1.82, 2.24) is 9.21 Å². The van der Waals surface area contributed by atoms with Gasteiger partial charge in [-0.2, -0.15) is 0 Å². The predicted molar refractivity (Wildman–Crippen MR) is 153 cm³/mol. The second-order valence-electron chi connectivity index (χ2n) is 9.17. The molecule has 4 rings (SSSR count). The van der Waals surface area contributed by atoms with Gasteiger partial charge in [0, 0.05) is 51.5 Å². The van der Waals surface area contributed by atoms with Gasteiger partial charge in [-0.15, -0.1) is 0 Å². The summed E-state index contributed by atoms with van der Waals surface area (Å²) in [6, 6.07) is 11.2. The number of piperazine rings is 1. The Balaban J connectivity index is 1.23. The van der Waals surface area contributed by atoms with Crippen LogP contribution in [0.1, 0.15) is 31.7 Å². The number of imide groups is 1. The number of anilines is 2. The van der Waals surface area contributed by atoms with Crippen molar-refractivity contribution in [3.63, 3.8) is 0 Å². The number of carbonyl (C=O) groups is 2. The first kappa shape index (κ1) is 27.9. The summed E-state index contributed by atoms with van der Waals surface area (Å²) in [7, 11) is 1.70. The van der Waals surface area contributed by atoms with E-state index in [1.54, 1.807) is 7.05 Å². The number of ether oxygens (including phenoxy) is 1. The third kappa shape index (κ3) is 6.85. The molecule has 1 saturated heterocycles. The SMILES string of the molecule is CCSN(C)C(=O)N1C(=O)CCc2ccc(OCCCCN3CCN(c4cccc(Cl)c4Cl)CC3)cc21. The van der Waals surface area contributed by atoms with E-state index in [2.05, 4.69) is 9.80 Å². The Morgan fingerprint density at radius 1 is 1.05 bits per heavy atom. The number of nitrogens with zero attached hydrogens (tertiary/aromatic N) is 4. The molecule has 1 fully saturated rings. The Bertz CT molecular complexity index is 1110. The van der Waals surface area contributed by atoms with Gasteiger partial charge >= 0.3 is 6.03 Å². The van der Waals surface area contributed by atoms with Gasteiger partial charge in [-0.1, -0.05) is 42.3 Å². The van der Waals surface area contributed by atoms with Crippen LogP contribution in [-0.2, 0) is 11.2 Å². The number of urea groups is 1.